The van der Waals surface area contributed by atoms with Gasteiger partial charge in [-0.2, -0.15) is 5.26 Å². The lowest BCUT2D eigenvalue weighted by atomic mass is 9.98. The van der Waals surface area contributed by atoms with Crippen molar-refractivity contribution in [2.45, 2.75) is 6.54 Å². The van der Waals surface area contributed by atoms with Gasteiger partial charge in [-0.1, -0.05) is 48.5 Å². The molecule has 0 atom stereocenters. The van der Waals surface area contributed by atoms with Crippen LogP contribution in [0.5, 0.6) is 0 Å². The van der Waals surface area contributed by atoms with Crippen molar-refractivity contribution in [1.29, 1.82) is 5.26 Å². The molecule has 29 heavy (non-hydrogen) atoms. The van der Waals surface area contributed by atoms with E-state index in [9.17, 15) is 10.1 Å². The van der Waals surface area contributed by atoms with E-state index in [2.05, 4.69) is 11.1 Å². The number of benzene rings is 3. The number of nitriles is 1. The lowest BCUT2D eigenvalue weighted by molar-refractivity contribution is 0.0602. The molecule has 4 rings (SSSR count). The van der Waals surface area contributed by atoms with Gasteiger partial charge in [0.15, 0.2) is 0 Å². The lowest BCUT2D eigenvalue weighted by Gasteiger charge is -2.11. The highest BCUT2D eigenvalue weighted by Gasteiger charge is 2.18. The predicted octanol–water partition coefficient (Wildman–Crippen LogP) is 5.06. The molecule has 3 aromatic carbocycles. The Morgan fingerprint density at radius 3 is 2.66 bits per heavy atom. The molecule has 0 aliphatic rings. The molecule has 1 aromatic heterocycles. The molecule has 0 fully saturated rings. The zero-order valence-electron chi connectivity index (χ0n) is 15.6. The third-order valence-electron chi connectivity index (χ3n) is 4.76. The van der Waals surface area contributed by atoms with Gasteiger partial charge in [0.25, 0.3) is 0 Å². The number of rotatable bonds is 4. The van der Waals surface area contributed by atoms with E-state index in [1.165, 1.54) is 7.11 Å². The molecule has 0 saturated carbocycles. The van der Waals surface area contributed by atoms with Crippen LogP contribution < -0.4 is 0 Å². The molecule has 5 nitrogen and oxygen atoms in total. The minimum absolute atomic E-state index is 0.266. The molecule has 0 aliphatic heterocycles. The second-order valence-corrected chi connectivity index (χ2v) is 6.83. The van der Waals surface area contributed by atoms with Crippen molar-refractivity contribution in [2.75, 3.05) is 7.11 Å². The Labute approximate surface area is 172 Å². The zero-order valence-corrected chi connectivity index (χ0v) is 16.3. The van der Waals surface area contributed by atoms with Crippen LogP contribution in [0.3, 0.4) is 0 Å². The van der Waals surface area contributed by atoms with E-state index in [-0.39, 0.29) is 5.28 Å². The first kappa shape index (κ1) is 18.7. The molecule has 0 saturated heterocycles. The number of aromatic nitrogens is 2. The first-order valence-corrected chi connectivity index (χ1v) is 9.31. The van der Waals surface area contributed by atoms with Crippen LogP contribution >= 0.6 is 11.6 Å². The maximum absolute atomic E-state index is 12.2. The Hall–Kier alpha value is -3.62. The van der Waals surface area contributed by atoms with Crippen molar-refractivity contribution in [3.63, 3.8) is 0 Å². The van der Waals surface area contributed by atoms with Crippen molar-refractivity contribution < 1.29 is 9.53 Å². The predicted molar refractivity (Wildman–Crippen MR) is 112 cm³/mol. The molecule has 0 aliphatic carbocycles. The number of esters is 1. The highest BCUT2D eigenvalue weighted by molar-refractivity contribution is 6.29. The number of hydrogen-bond donors (Lipinski definition) is 0. The summed E-state index contributed by atoms with van der Waals surface area (Å²) in [5.41, 5.74) is 4.91. The Kier molecular flexibility index (Phi) is 5.03. The topological polar surface area (TPSA) is 67.9 Å². The average Bonchev–Trinajstić information content (AvgIpc) is 3.08. The van der Waals surface area contributed by atoms with Crippen molar-refractivity contribution in [1.82, 2.24) is 9.55 Å². The van der Waals surface area contributed by atoms with Gasteiger partial charge in [0.05, 0.1) is 41.9 Å². The molecular weight excluding hydrogens is 386 g/mol. The van der Waals surface area contributed by atoms with E-state index in [0.717, 1.165) is 16.7 Å². The Bertz CT molecular complexity index is 1260. The summed E-state index contributed by atoms with van der Waals surface area (Å²) in [7, 11) is 1.34. The number of methoxy groups -OCH3 is 1. The first-order chi connectivity index (χ1) is 14.1. The maximum Gasteiger partial charge on any atom is 0.340 e. The molecule has 0 unspecified atom stereocenters. The molecule has 4 aromatic rings. The molecule has 0 N–H and O–H groups in total. The highest BCUT2D eigenvalue weighted by atomic mass is 35.5. The van der Waals surface area contributed by atoms with Crippen LogP contribution in [0.15, 0.2) is 66.7 Å². The summed E-state index contributed by atoms with van der Waals surface area (Å²) in [6.45, 7) is 0.368. The van der Waals surface area contributed by atoms with Gasteiger partial charge in [0.2, 0.25) is 5.28 Å². The molecular formula is C23H16ClN3O2. The molecule has 1 heterocycles. The van der Waals surface area contributed by atoms with Gasteiger partial charge < -0.3 is 9.30 Å². The van der Waals surface area contributed by atoms with E-state index in [1.54, 1.807) is 22.8 Å². The van der Waals surface area contributed by atoms with Crippen LogP contribution in [-0.4, -0.2) is 22.6 Å². The summed E-state index contributed by atoms with van der Waals surface area (Å²) >= 11 is 6.37. The van der Waals surface area contributed by atoms with Crippen molar-refractivity contribution in [3.8, 4) is 17.2 Å². The largest absolute Gasteiger partial charge is 0.465 e. The summed E-state index contributed by atoms with van der Waals surface area (Å²) in [5.74, 6) is -0.453. The number of fused-ring (bicyclic) bond motifs is 1. The second kappa shape index (κ2) is 7.78. The van der Waals surface area contributed by atoms with Crippen LogP contribution in [0.25, 0.3) is 22.2 Å². The Morgan fingerprint density at radius 1 is 1.14 bits per heavy atom. The van der Waals surface area contributed by atoms with E-state index in [0.29, 0.717) is 28.7 Å². The fourth-order valence-corrected chi connectivity index (χ4v) is 3.65. The smallest absolute Gasteiger partial charge is 0.340 e. The van der Waals surface area contributed by atoms with Crippen molar-refractivity contribution in [2.24, 2.45) is 0 Å². The zero-order chi connectivity index (χ0) is 20.4. The normalized spacial score (nSPS) is 10.7. The third-order valence-corrected chi connectivity index (χ3v) is 5.04. The van der Waals surface area contributed by atoms with Crippen LogP contribution in [0.4, 0.5) is 0 Å². The number of carbonyl (C=O) groups excluding carboxylic acids is 1. The van der Waals surface area contributed by atoms with Crippen LogP contribution in [0.2, 0.25) is 5.28 Å². The van der Waals surface area contributed by atoms with E-state index < -0.39 is 5.97 Å². The summed E-state index contributed by atoms with van der Waals surface area (Å²) in [4.78, 5) is 16.5. The minimum atomic E-state index is -0.453. The summed E-state index contributed by atoms with van der Waals surface area (Å²) < 4.78 is 6.65. The molecule has 6 heteroatoms. The SMILES string of the molecule is COC(=O)c1cccc2nc(Cl)n(Cc3ccc(-c4ccccc4)c(C#N)c3)c12. The highest BCUT2D eigenvalue weighted by Crippen LogP contribution is 2.28. The second-order valence-electron chi connectivity index (χ2n) is 6.49. The van der Waals surface area contributed by atoms with Crippen LogP contribution in [-0.2, 0) is 11.3 Å². The molecule has 142 valence electrons. The summed E-state index contributed by atoms with van der Waals surface area (Å²) in [6.07, 6.45) is 0. The minimum Gasteiger partial charge on any atom is -0.465 e. The number of para-hydroxylation sites is 1. The number of hydrogen-bond acceptors (Lipinski definition) is 4. The monoisotopic (exact) mass is 401 g/mol. The van der Waals surface area contributed by atoms with E-state index >= 15 is 0 Å². The van der Waals surface area contributed by atoms with Gasteiger partial charge in [0, 0.05) is 0 Å². The van der Waals surface area contributed by atoms with E-state index in [1.807, 2.05) is 48.5 Å². The molecule has 0 radical (unpaired) electrons. The van der Waals surface area contributed by atoms with Gasteiger partial charge >= 0.3 is 5.97 Å². The summed E-state index contributed by atoms with van der Waals surface area (Å²) in [6, 6.07) is 23.0. The number of nitrogens with zero attached hydrogens (tertiary/aromatic N) is 3. The number of carbonyl (C=O) groups is 1. The number of imidazole rings is 1. The lowest BCUT2D eigenvalue weighted by Crippen LogP contribution is -2.07. The standard InChI is InChI=1S/C23H16ClN3O2/c1-29-22(28)19-8-5-9-20-21(19)27(23(24)26-20)14-15-10-11-18(17(12-15)13-25)16-6-3-2-4-7-16/h2-12H,14H2,1H3. The number of ether oxygens (including phenoxy) is 1. The van der Waals surface area contributed by atoms with E-state index in [4.69, 9.17) is 16.3 Å². The quantitative estimate of drug-likeness (QED) is 0.448. The third kappa shape index (κ3) is 3.46. The van der Waals surface area contributed by atoms with Crippen LogP contribution in [0.1, 0.15) is 21.5 Å². The van der Waals surface area contributed by atoms with Gasteiger partial charge in [-0.25, -0.2) is 9.78 Å². The first-order valence-electron chi connectivity index (χ1n) is 8.94. The van der Waals surface area contributed by atoms with Gasteiger partial charge in [0.1, 0.15) is 0 Å². The Balaban J connectivity index is 1.79. The summed E-state index contributed by atoms with van der Waals surface area (Å²) in [5, 5.41) is 9.91. The molecule has 0 amide bonds. The Morgan fingerprint density at radius 2 is 1.93 bits per heavy atom. The van der Waals surface area contributed by atoms with Crippen molar-refractivity contribution >= 4 is 28.6 Å². The van der Waals surface area contributed by atoms with Gasteiger partial charge in [-0.3, -0.25) is 0 Å². The average molecular weight is 402 g/mol. The molecule has 0 spiro atoms. The van der Waals surface area contributed by atoms with Crippen molar-refractivity contribution in [3.05, 3.63) is 88.7 Å². The molecule has 0 bridgehead atoms. The fourth-order valence-electron chi connectivity index (χ4n) is 3.41. The maximum atomic E-state index is 12.2. The van der Waals surface area contributed by atoms with Gasteiger partial charge in [-0.05, 0) is 46.5 Å². The fraction of sp³-hybridized carbons (Fsp3) is 0.0870. The van der Waals surface area contributed by atoms with Crippen LogP contribution in [0, 0.1) is 11.3 Å². The number of halogens is 1. The van der Waals surface area contributed by atoms with Gasteiger partial charge in [-0.15, -0.1) is 0 Å².